The van der Waals surface area contributed by atoms with E-state index in [9.17, 15) is 4.39 Å². The smallest absolute Gasteiger partial charge is 0.172 e. The van der Waals surface area contributed by atoms with Crippen molar-refractivity contribution in [1.29, 1.82) is 0 Å². The van der Waals surface area contributed by atoms with Crippen molar-refractivity contribution in [2.75, 3.05) is 14.2 Å². The predicted molar refractivity (Wildman–Crippen MR) is 106 cm³/mol. The standard InChI is InChI=1S/C22H24FN3O2/c1-13(2)15-11-16(20(28-4)12-19(15)27-3)22-25-24-21-10-5-7-14-17(23)8-6-9-18(14)26(21)22/h6,8-9,11-13H,5,7,10H2,1-4H3. The maximum absolute atomic E-state index is 14.5. The molecule has 0 spiro atoms. The van der Waals surface area contributed by atoms with Crippen molar-refractivity contribution in [2.45, 2.75) is 39.0 Å². The van der Waals surface area contributed by atoms with Gasteiger partial charge < -0.3 is 9.47 Å². The van der Waals surface area contributed by atoms with Crippen LogP contribution in [0, 0.1) is 5.82 Å². The highest BCUT2D eigenvalue weighted by molar-refractivity contribution is 5.70. The molecular formula is C22H24FN3O2. The minimum atomic E-state index is -0.186. The molecule has 28 heavy (non-hydrogen) atoms. The first-order valence-corrected chi connectivity index (χ1v) is 9.53. The highest BCUT2D eigenvalue weighted by atomic mass is 19.1. The zero-order chi connectivity index (χ0) is 19.8. The molecule has 0 fully saturated rings. The monoisotopic (exact) mass is 381 g/mol. The summed E-state index contributed by atoms with van der Waals surface area (Å²) in [5, 5.41) is 8.89. The van der Waals surface area contributed by atoms with Crippen molar-refractivity contribution in [3.8, 4) is 28.6 Å². The normalized spacial score (nSPS) is 13.1. The van der Waals surface area contributed by atoms with Crippen molar-refractivity contribution in [3.05, 3.63) is 53.1 Å². The number of hydrogen-bond acceptors (Lipinski definition) is 4. The first-order valence-electron chi connectivity index (χ1n) is 9.53. The molecule has 2 heterocycles. The van der Waals surface area contributed by atoms with Crippen LogP contribution in [0.1, 0.15) is 43.1 Å². The molecule has 0 amide bonds. The summed E-state index contributed by atoms with van der Waals surface area (Å²) in [6.45, 7) is 4.23. The number of aryl methyl sites for hydroxylation is 1. The van der Waals surface area contributed by atoms with Gasteiger partial charge in [0.2, 0.25) is 0 Å². The molecule has 3 aromatic rings. The Kier molecular flexibility index (Phi) is 4.79. The van der Waals surface area contributed by atoms with Crippen molar-refractivity contribution in [3.63, 3.8) is 0 Å². The largest absolute Gasteiger partial charge is 0.496 e. The van der Waals surface area contributed by atoms with E-state index < -0.39 is 0 Å². The molecule has 0 saturated carbocycles. The fourth-order valence-corrected chi connectivity index (χ4v) is 3.88. The highest BCUT2D eigenvalue weighted by Crippen LogP contribution is 2.40. The molecule has 0 N–H and O–H groups in total. The zero-order valence-corrected chi connectivity index (χ0v) is 16.6. The lowest BCUT2D eigenvalue weighted by atomic mass is 9.98. The third-order valence-corrected chi connectivity index (χ3v) is 5.31. The van der Waals surface area contributed by atoms with Gasteiger partial charge in [0.05, 0.1) is 25.5 Å². The molecule has 6 heteroatoms. The van der Waals surface area contributed by atoms with Gasteiger partial charge in [-0.1, -0.05) is 19.9 Å². The van der Waals surface area contributed by atoms with Crippen LogP contribution in [0.25, 0.3) is 17.1 Å². The first-order chi connectivity index (χ1) is 13.5. The third kappa shape index (κ3) is 2.93. The SMILES string of the molecule is COc1cc(OC)c(C(C)C)cc1-c1nnc2n1-c1cccc(F)c1CCC2. The van der Waals surface area contributed by atoms with Crippen LogP contribution >= 0.6 is 0 Å². The van der Waals surface area contributed by atoms with Gasteiger partial charge in [-0.3, -0.25) is 4.57 Å². The topological polar surface area (TPSA) is 49.2 Å². The quantitative estimate of drug-likeness (QED) is 0.657. The molecule has 0 aliphatic carbocycles. The number of aromatic nitrogens is 3. The van der Waals surface area contributed by atoms with E-state index in [4.69, 9.17) is 9.47 Å². The van der Waals surface area contributed by atoms with Gasteiger partial charge in [-0.2, -0.15) is 0 Å². The van der Waals surface area contributed by atoms with Crippen LogP contribution in [-0.4, -0.2) is 29.0 Å². The number of methoxy groups -OCH3 is 2. The number of fused-ring (bicyclic) bond motifs is 3. The fraction of sp³-hybridized carbons (Fsp3) is 0.364. The first kappa shape index (κ1) is 18.5. The van der Waals surface area contributed by atoms with Crippen LogP contribution in [0.3, 0.4) is 0 Å². The van der Waals surface area contributed by atoms with Gasteiger partial charge in [0.15, 0.2) is 5.82 Å². The van der Waals surface area contributed by atoms with Gasteiger partial charge in [0.25, 0.3) is 0 Å². The molecule has 4 rings (SSSR count). The molecular weight excluding hydrogens is 357 g/mol. The number of halogens is 1. The number of nitrogens with zero attached hydrogens (tertiary/aromatic N) is 3. The maximum atomic E-state index is 14.5. The van der Waals surface area contributed by atoms with Crippen LogP contribution < -0.4 is 9.47 Å². The molecule has 0 unspecified atom stereocenters. The summed E-state index contributed by atoms with van der Waals surface area (Å²) in [5.41, 5.74) is 3.39. The maximum Gasteiger partial charge on any atom is 0.172 e. The van der Waals surface area contributed by atoms with Gasteiger partial charge in [-0.05, 0) is 42.5 Å². The Hall–Kier alpha value is -2.89. The zero-order valence-electron chi connectivity index (χ0n) is 16.6. The summed E-state index contributed by atoms with van der Waals surface area (Å²) < 4.78 is 27.7. The second-order valence-electron chi connectivity index (χ2n) is 7.32. The summed E-state index contributed by atoms with van der Waals surface area (Å²) in [4.78, 5) is 0. The van der Waals surface area contributed by atoms with Crippen LogP contribution in [-0.2, 0) is 12.8 Å². The number of hydrogen-bond donors (Lipinski definition) is 0. The second kappa shape index (κ2) is 7.26. The van der Waals surface area contributed by atoms with Crippen molar-refractivity contribution >= 4 is 0 Å². The molecule has 2 aromatic carbocycles. The average Bonchev–Trinajstić information content (AvgIpc) is 3.02. The van der Waals surface area contributed by atoms with Gasteiger partial charge in [-0.25, -0.2) is 4.39 Å². The molecule has 0 radical (unpaired) electrons. The Balaban J connectivity index is 1.99. The summed E-state index contributed by atoms with van der Waals surface area (Å²) in [7, 11) is 3.28. The Morgan fingerprint density at radius 2 is 1.82 bits per heavy atom. The number of ether oxygens (including phenoxy) is 2. The second-order valence-corrected chi connectivity index (χ2v) is 7.32. The number of rotatable bonds is 4. The molecule has 0 atom stereocenters. The van der Waals surface area contributed by atoms with E-state index in [1.54, 1.807) is 20.3 Å². The minimum absolute atomic E-state index is 0.186. The van der Waals surface area contributed by atoms with E-state index in [0.29, 0.717) is 23.6 Å². The number of benzene rings is 2. The molecule has 1 aliphatic rings. The van der Waals surface area contributed by atoms with E-state index in [2.05, 4.69) is 24.0 Å². The van der Waals surface area contributed by atoms with Crippen LogP contribution in [0.5, 0.6) is 11.5 Å². The predicted octanol–water partition coefficient (Wildman–Crippen LogP) is 4.70. The minimum Gasteiger partial charge on any atom is -0.496 e. The molecule has 1 aromatic heterocycles. The summed E-state index contributed by atoms with van der Waals surface area (Å²) in [6.07, 6.45) is 2.27. The Morgan fingerprint density at radius 1 is 1.04 bits per heavy atom. The van der Waals surface area contributed by atoms with Gasteiger partial charge in [0, 0.05) is 18.1 Å². The van der Waals surface area contributed by atoms with Crippen LogP contribution in [0.15, 0.2) is 30.3 Å². The van der Waals surface area contributed by atoms with E-state index >= 15 is 0 Å². The third-order valence-electron chi connectivity index (χ3n) is 5.31. The van der Waals surface area contributed by atoms with E-state index in [1.165, 1.54) is 6.07 Å². The van der Waals surface area contributed by atoms with E-state index in [0.717, 1.165) is 41.2 Å². The van der Waals surface area contributed by atoms with Crippen LogP contribution in [0.2, 0.25) is 0 Å². The fourth-order valence-electron chi connectivity index (χ4n) is 3.88. The van der Waals surface area contributed by atoms with Gasteiger partial charge in [0.1, 0.15) is 23.1 Å². The van der Waals surface area contributed by atoms with Crippen molar-refractivity contribution in [1.82, 2.24) is 14.8 Å². The lowest BCUT2D eigenvalue weighted by Crippen LogP contribution is -2.06. The van der Waals surface area contributed by atoms with E-state index in [-0.39, 0.29) is 11.7 Å². The molecule has 5 nitrogen and oxygen atoms in total. The van der Waals surface area contributed by atoms with Gasteiger partial charge in [-0.15, -0.1) is 10.2 Å². The van der Waals surface area contributed by atoms with Crippen molar-refractivity contribution in [2.24, 2.45) is 0 Å². The summed E-state index contributed by atoms with van der Waals surface area (Å²) in [6, 6.07) is 9.11. The Labute approximate surface area is 164 Å². The molecule has 1 aliphatic heterocycles. The molecule has 146 valence electrons. The lowest BCUT2D eigenvalue weighted by Gasteiger charge is -2.18. The lowest BCUT2D eigenvalue weighted by molar-refractivity contribution is 0.390. The summed E-state index contributed by atoms with van der Waals surface area (Å²) >= 11 is 0. The van der Waals surface area contributed by atoms with Gasteiger partial charge >= 0.3 is 0 Å². The summed E-state index contributed by atoms with van der Waals surface area (Å²) in [5.74, 6) is 3.00. The molecule has 0 bridgehead atoms. The average molecular weight is 381 g/mol. The van der Waals surface area contributed by atoms with Crippen LogP contribution in [0.4, 0.5) is 4.39 Å². The Bertz CT molecular complexity index is 1030. The molecule has 0 saturated heterocycles. The highest BCUT2D eigenvalue weighted by Gasteiger charge is 2.25. The Morgan fingerprint density at radius 3 is 2.54 bits per heavy atom. The van der Waals surface area contributed by atoms with E-state index in [1.807, 2.05) is 22.8 Å². The van der Waals surface area contributed by atoms with Crippen molar-refractivity contribution < 1.29 is 13.9 Å².